The summed E-state index contributed by atoms with van der Waals surface area (Å²) >= 11 is 3.49. The summed E-state index contributed by atoms with van der Waals surface area (Å²) in [6.45, 7) is 5.12. The van der Waals surface area contributed by atoms with E-state index in [9.17, 15) is 4.79 Å². The van der Waals surface area contributed by atoms with Gasteiger partial charge < -0.3 is 14.3 Å². The molecule has 3 aromatic rings. The van der Waals surface area contributed by atoms with Crippen molar-refractivity contribution in [2.45, 2.75) is 46.0 Å². The minimum absolute atomic E-state index is 0.540. The summed E-state index contributed by atoms with van der Waals surface area (Å²) in [5, 5.41) is 4.07. The number of oxime groups is 1. The molecule has 1 heterocycles. The van der Waals surface area contributed by atoms with Crippen molar-refractivity contribution < 1.29 is 19.1 Å². The number of carbonyl (C=O) groups excluding carboxylic acids is 1. The molecule has 0 saturated carbocycles. The summed E-state index contributed by atoms with van der Waals surface area (Å²) in [4.78, 5) is 22.7. The Hall–Kier alpha value is -2.90. The topological polar surface area (TPSA) is 57.1 Å². The van der Waals surface area contributed by atoms with Crippen molar-refractivity contribution in [1.82, 2.24) is 0 Å². The monoisotopic (exact) mass is 465 g/mol. The van der Waals surface area contributed by atoms with Gasteiger partial charge in [0, 0.05) is 25.1 Å². The van der Waals surface area contributed by atoms with Gasteiger partial charge in [0.15, 0.2) is 0 Å². The third kappa shape index (κ3) is 4.95. The molecule has 164 valence electrons. The molecule has 0 aromatic heterocycles. The SMILES string of the molecule is COc1ccc(OC(C)(C)C(=O)ON=C(C)c2ccc3c(c2)Sc2ccccc2S3)cc1. The van der Waals surface area contributed by atoms with Crippen LogP contribution in [0.25, 0.3) is 0 Å². The number of methoxy groups -OCH3 is 1. The third-order valence-corrected chi connectivity index (χ3v) is 7.38. The van der Waals surface area contributed by atoms with E-state index in [1.54, 1.807) is 68.7 Å². The maximum absolute atomic E-state index is 12.6. The van der Waals surface area contributed by atoms with E-state index in [0.717, 1.165) is 10.5 Å². The zero-order valence-electron chi connectivity index (χ0n) is 18.2. The van der Waals surface area contributed by atoms with E-state index >= 15 is 0 Å². The quantitative estimate of drug-likeness (QED) is 0.186. The molecule has 0 bridgehead atoms. The number of fused-ring (bicyclic) bond motifs is 2. The molecule has 0 radical (unpaired) electrons. The highest BCUT2D eigenvalue weighted by Gasteiger charge is 2.32. The number of carbonyl (C=O) groups is 1. The number of rotatable bonds is 6. The molecule has 1 aliphatic rings. The Labute approximate surface area is 196 Å². The first-order chi connectivity index (χ1) is 15.4. The van der Waals surface area contributed by atoms with Crippen LogP contribution in [-0.4, -0.2) is 24.4 Å². The Morgan fingerprint density at radius 2 is 1.44 bits per heavy atom. The van der Waals surface area contributed by atoms with Crippen molar-refractivity contribution in [2.24, 2.45) is 5.16 Å². The van der Waals surface area contributed by atoms with Crippen molar-refractivity contribution in [1.29, 1.82) is 0 Å². The van der Waals surface area contributed by atoms with Crippen molar-refractivity contribution >= 4 is 35.2 Å². The van der Waals surface area contributed by atoms with E-state index in [0.29, 0.717) is 17.2 Å². The summed E-state index contributed by atoms with van der Waals surface area (Å²) in [5.74, 6) is 0.672. The van der Waals surface area contributed by atoms with Gasteiger partial charge in [0.1, 0.15) is 11.5 Å². The Morgan fingerprint density at radius 3 is 2.09 bits per heavy atom. The van der Waals surface area contributed by atoms with E-state index in [1.165, 1.54) is 14.7 Å². The Bertz CT molecular complexity index is 1170. The third-order valence-electron chi connectivity index (χ3n) is 4.84. The first kappa shape index (κ1) is 22.3. The van der Waals surface area contributed by atoms with E-state index in [2.05, 4.69) is 35.5 Å². The predicted octanol–water partition coefficient (Wildman–Crippen LogP) is 6.44. The number of hydrogen-bond acceptors (Lipinski definition) is 7. The predicted molar refractivity (Wildman–Crippen MR) is 127 cm³/mol. The van der Waals surface area contributed by atoms with Gasteiger partial charge in [0.25, 0.3) is 0 Å². The fraction of sp³-hybridized carbons (Fsp3) is 0.200. The average molecular weight is 466 g/mol. The lowest BCUT2D eigenvalue weighted by molar-refractivity contribution is -0.159. The van der Waals surface area contributed by atoms with Crippen LogP contribution in [0.15, 0.2) is 91.5 Å². The summed E-state index contributed by atoms with van der Waals surface area (Å²) in [6.07, 6.45) is 0. The van der Waals surface area contributed by atoms with Crippen molar-refractivity contribution in [2.75, 3.05) is 7.11 Å². The summed E-state index contributed by atoms with van der Waals surface area (Å²) in [5.41, 5.74) is 0.313. The molecular formula is C25H23NO4S2. The second kappa shape index (κ2) is 9.30. The van der Waals surface area contributed by atoms with E-state index < -0.39 is 11.6 Å². The highest BCUT2D eigenvalue weighted by molar-refractivity contribution is 8.05. The molecule has 0 saturated heterocycles. The molecule has 7 heteroatoms. The molecule has 0 aliphatic carbocycles. The summed E-state index contributed by atoms with van der Waals surface area (Å²) in [7, 11) is 1.59. The Kier molecular flexibility index (Phi) is 6.48. The maximum atomic E-state index is 12.6. The largest absolute Gasteiger partial charge is 0.497 e. The molecule has 1 aliphatic heterocycles. The Balaban J connectivity index is 1.43. The van der Waals surface area contributed by atoms with Crippen molar-refractivity contribution in [3.8, 4) is 11.5 Å². The van der Waals surface area contributed by atoms with Gasteiger partial charge in [-0.05, 0) is 69.3 Å². The van der Waals surface area contributed by atoms with Gasteiger partial charge in [-0.3, -0.25) is 0 Å². The first-order valence-electron chi connectivity index (χ1n) is 10.0. The van der Waals surface area contributed by atoms with Crippen LogP contribution in [0.4, 0.5) is 0 Å². The lowest BCUT2D eigenvalue weighted by Gasteiger charge is -2.23. The van der Waals surface area contributed by atoms with Crippen LogP contribution < -0.4 is 9.47 Å². The number of nitrogens with zero attached hydrogens (tertiary/aromatic N) is 1. The lowest BCUT2D eigenvalue weighted by atomic mass is 10.1. The minimum Gasteiger partial charge on any atom is -0.497 e. The molecule has 0 atom stereocenters. The van der Waals surface area contributed by atoms with E-state index in [-0.39, 0.29) is 0 Å². The van der Waals surface area contributed by atoms with Crippen LogP contribution in [-0.2, 0) is 9.63 Å². The normalized spacial score (nSPS) is 13.1. The second-order valence-corrected chi connectivity index (χ2v) is 9.82. The van der Waals surface area contributed by atoms with E-state index in [4.69, 9.17) is 14.3 Å². The average Bonchev–Trinajstić information content (AvgIpc) is 2.80. The van der Waals surface area contributed by atoms with Gasteiger partial charge in [0.05, 0.1) is 12.8 Å². The van der Waals surface area contributed by atoms with Crippen molar-refractivity contribution in [3.63, 3.8) is 0 Å². The van der Waals surface area contributed by atoms with Gasteiger partial charge in [0.2, 0.25) is 5.60 Å². The zero-order valence-corrected chi connectivity index (χ0v) is 19.9. The van der Waals surface area contributed by atoms with E-state index in [1.807, 2.05) is 19.1 Å². The van der Waals surface area contributed by atoms with Gasteiger partial charge in [-0.1, -0.05) is 46.9 Å². The highest BCUT2D eigenvalue weighted by atomic mass is 32.2. The summed E-state index contributed by atoms with van der Waals surface area (Å²) < 4.78 is 10.9. The molecule has 0 N–H and O–H groups in total. The second-order valence-electron chi connectivity index (χ2n) is 7.66. The van der Waals surface area contributed by atoms with Crippen LogP contribution in [0.5, 0.6) is 11.5 Å². The fourth-order valence-electron chi connectivity index (χ4n) is 3.01. The standard InChI is InChI=1S/C25H23NO4S2/c1-16(17-9-14-22-23(15-17)32-21-8-6-5-7-20(21)31-22)26-30-24(27)25(2,3)29-19-12-10-18(28-4)11-13-19/h5-15H,1-4H3. The molecule has 3 aromatic carbocycles. The van der Waals surface area contributed by atoms with Crippen LogP contribution in [0, 0.1) is 0 Å². The molecule has 0 spiro atoms. The zero-order chi connectivity index (χ0) is 22.7. The fourth-order valence-corrected chi connectivity index (χ4v) is 5.26. The summed E-state index contributed by atoms with van der Waals surface area (Å²) in [6, 6.07) is 21.5. The maximum Gasteiger partial charge on any atom is 0.377 e. The first-order valence-corrected chi connectivity index (χ1v) is 11.7. The van der Waals surface area contributed by atoms with Crippen molar-refractivity contribution in [3.05, 3.63) is 72.3 Å². The van der Waals surface area contributed by atoms with Gasteiger partial charge in [-0.15, -0.1) is 0 Å². The number of hydrogen-bond donors (Lipinski definition) is 0. The smallest absolute Gasteiger partial charge is 0.377 e. The van der Waals surface area contributed by atoms with Crippen LogP contribution in [0.3, 0.4) is 0 Å². The van der Waals surface area contributed by atoms with Crippen LogP contribution in [0.1, 0.15) is 26.3 Å². The number of benzene rings is 3. The molecule has 0 unspecified atom stereocenters. The van der Waals surface area contributed by atoms with Gasteiger partial charge >= 0.3 is 5.97 Å². The molecular weight excluding hydrogens is 442 g/mol. The number of ether oxygens (including phenoxy) is 2. The molecule has 5 nitrogen and oxygen atoms in total. The molecule has 4 rings (SSSR count). The highest BCUT2D eigenvalue weighted by Crippen LogP contribution is 2.48. The van der Waals surface area contributed by atoms with Gasteiger partial charge in [-0.25, -0.2) is 4.79 Å². The Morgan fingerprint density at radius 1 is 0.844 bits per heavy atom. The van der Waals surface area contributed by atoms with Gasteiger partial charge in [-0.2, -0.15) is 0 Å². The minimum atomic E-state index is -1.20. The molecule has 0 fully saturated rings. The molecule has 32 heavy (non-hydrogen) atoms. The van der Waals surface area contributed by atoms with Crippen LogP contribution in [0.2, 0.25) is 0 Å². The van der Waals surface area contributed by atoms with Crippen LogP contribution >= 0.6 is 23.5 Å². The molecule has 0 amide bonds. The lowest BCUT2D eigenvalue weighted by Crippen LogP contribution is -2.39.